The molecule has 0 unspecified atom stereocenters. The van der Waals surface area contributed by atoms with Crippen LogP contribution in [0.2, 0.25) is 5.15 Å². The lowest BCUT2D eigenvalue weighted by molar-refractivity contribution is 0.441. The van der Waals surface area contributed by atoms with E-state index in [1.807, 2.05) is 20.2 Å². The topological polar surface area (TPSA) is 71.8 Å². The Morgan fingerprint density at radius 2 is 2.05 bits per heavy atom. The Kier molecular flexibility index (Phi) is 4.03. The largest absolute Gasteiger partial charge is 0.356 e. The summed E-state index contributed by atoms with van der Waals surface area (Å²) in [6.45, 7) is 1.94. The molecule has 0 atom stereocenters. The van der Waals surface area contributed by atoms with Crippen LogP contribution in [-0.2, 0) is 7.05 Å². The van der Waals surface area contributed by atoms with Crippen LogP contribution in [0.25, 0.3) is 11.4 Å². The van der Waals surface area contributed by atoms with Gasteiger partial charge in [0, 0.05) is 31.7 Å². The monoisotopic (exact) mass is 307 g/mol. The zero-order valence-corrected chi connectivity index (χ0v) is 12.9. The van der Waals surface area contributed by atoms with Crippen molar-refractivity contribution < 1.29 is 0 Å². The first-order valence-corrected chi connectivity index (χ1v) is 7.37. The molecule has 3 rings (SSSR count). The first-order valence-electron chi connectivity index (χ1n) is 7.00. The minimum absolute atomic E-state index is 0.459. The quantitative estimate of drug-likeness (QED) is 0.857. The van der Waals surface area contributed by atoms with Crippen LogP contribution in [0.15, 0.2) is 12.1 Å². The van der Waals surface area contributed by atoms with Gasteiger partial charge in [-0.1, -0.05) is 11.6 Å². The van der Waals surface area contributed by atoms with Crippen molar-refractivity contribution in [1.82, 2.24) is 30.5 Å². The molecule has 112 valence electrons. The zero-order chi connectivity index (χ0) is 14.8. The number of pyridine rings is 1. The Hall–Kier alpha value is -1.73. The average Bonchev–Trinajstić information content (AvgIpc) is 2.93. The zero-order valence-electron chi connectivity index (χ0n) is 12.1. The van der Waals surface area contributed by atoms with Crippen molar-refractivity contribution in [3.05, 3.63) is 17.3 Å². The van der Waals surface area contributed by atoms with Crippen molar-refractivity contribution in [2.75, 3.05) is 25.0 Å². The van der Waals surface area contributed by atoms with Crippen molar-refractivity contribution in [2.45, 2.75) is 18.9 Å². The molecule has 1 saturated heterocycles. The van der Waals surface area contributed by atoms with Crippen molar-refractivity contribution in [3.63, 3.8) is 0 Å². The lowest BCUT2D eigenvalue weighted by Crippen LogP contribution is -2.41. The second kappa shape index (κ2) is 5.95. The molecule has 1 aliphatic heterocycles. The van der Waals surface area contributed by atoms with Gasteiger partial charge in [0.1, 0.15) is 11.0 Å². The number of tetrazole rings is 1. The molecule has 0 aliphatic carbocycles. The van der Waals surface area contributed by atoms with Crippen LogP contribution >= 0.6 is 11.6 Å². The Morgan fingerprint density at radius 1 is 1.29 bits per heavy atom. The molecular weight excluding hydrogens is 290 g/mol. The minimum atomic E-state index is 0.459. The van der Waals surface area contributed by atoms with Gasteiger partial charge in [0.15, 0.2) is 5.82 Å². The van der Waals surface area contributed by atoms with E-state index in [0.29, 0.717) is 17.0 Å². The molecule has 0 bridgehead atoms. The number of anilines is 1. The van der Waals surface area contributed by atoms with Gasteiger partial charge >= 0.3 is 0 Å². The number of hydrogen-bond acceptors (Lipinski definition) is 6. The fourth-order valence-corrected chi connectivity index (χ4v) is 2.85. The highest BCUT2D eigenvalue weighted by Gasteiger charge is 2.20. The fraction of sp³-hybridized carbons (Fsp3) is 0.538. The van der Waals surface area contributed by atoms with Gasteiger partial charge < -0.3 is 10.2 Å². The Balaban J connectivity index is 1.87. The number of nitrogens with zero attached hydrogens (tertiary/aromatic N) is 6. The first kappa shape index (κ1) is 14.2. The van der Waals surface area contributed by atoms with E-state index in [-0.39, 0.29) is 0 Å². The van der Waals surface area contributed by atoms with Crippen molar-refractivity contribution in [2.24, 2.45) is 7.05 Å². The highest BCUT2D eigenvalue weighted by atomic mass is 35.5. The maximum absolute atomic E-state index is 6.17. The van der Waals surface area contributed by atoms with Gasteiger partial charge in [-0.2, -0.15) is 0 Å². The number of hydrogen-bond donors (Lipinski definition) is 1. The molecule has 0 aromatic carbocycles. The molecule has 0 saturated carbocycles. The van der Waals surface area contributed by atoms with Crippen LogP contribution in [-0.4, -0.2) is 51.4 Å². The summed E-state index contributed by atoms with van der Waals surface area (Å²) in [5.74, 6) is 1.57. The van der Waals surface area contributed by atoms with Crippen LogP contribution in [0, 0.1) is 0 Å². The summed E-state index contributed by atoms with van der Waals surface area (Å²) in [7, 11) is 3.82. The van der Waals surface area contributed by atoms with E-state index in [1.165, 1.54) is 0 Å². The molecule has 7 nitrogen and oxygen atoms in total. The predicted octanol–water partition coefficient (Wildman–Crippen LogP) is 1.11. The van der Waals surface area contributed by atoms with Crippen LogP contribution in [0.4, 0.5) is 5.82 Å². The highest BCUT2D eigenvalue weighted by molar-refractivity contribution is 6.29. The summed E-state index contributed by atoms with van der Waals surface area (Å²) in [4.78, 5) is 6.70. The third-order valence-corrected chi connectivity index (χ3v) is 4.08. The fourth-order valence-electron chi connectivity index (χ4n) is 2.65. The number of aromatic nitrogens is 5. The van der Waals surface area contributed by atoms with Crippen molar-refractivity contribution in [3.8, 4) is 11.4 Å². The summed E-state index contributed by atoms with van der Waals surface area (Å²) in [6, 6.07) is 4.37. The lowest BCUT2D eigenvalue weighted by atomic mass is 10.1. The van der Waals surface area contributed by atoms with Gasteiger partial charge in [0.05, 0.1) is 0 Å². The molecule has 8 heteroatoms. The number of halogens is 1. The maximum Gasteiger partial charge on any atom is 0.181 e. The first-order chi connectivity index (χ1) is 10.2. The van der Waals surface area contributed by atoms with Crippen LogP contribution in [0.3, 0.4) is 0 Å². The Bertz CT molecular complexity index is 619. The highest BCUT2D eigenvalue weighted by Crippen LogP contribution is 2.26. The summed E-state index contributed by atoms with van der Waals surface area (Å²) in [5, 5.41) is 15.3. The molecule has 1 aliphatic rings. The predicted molar refractivity (Wildman–Crippen MR) is 81.3 cm³/mol. The SMILES string of the molecule is CNC1CCN(c2cc(-c3nnnn3C)cc(Cl)n2)CC1. The molecule has 1 fully saturated rings. The van der Waals surface area contributed by atoms with E-state index in [0.717, 1.165) is 37.3 Å². The third-order valence-electron chi connectivity index (χ3n) is 3.89. The van der Waals surface area contributed by atoms with Gasteiger partial charge in [0.2, 0.25) is 0 Å². The number of aryl methyl sites for hydroxylation is 1. The van der Waals surface area contributed by atoms with Crippen molar-refractivity contribution >= 4 is 17.4 Å². The normalized spacial score (nSPS) is 16.4. The third kappa shape index (κ3) is 2.98. The smallest absolute Gasteiger partial charge is 0.181 e. The molecule has 3 heterocycles. The van der Waals surface area contributed by atoms with Gasteiger partial charge in [-0.3, -0.25) is 0 Å². The summed E-state index contributed by atoms with van der Waals surface area (Å²) >= 11 is 6.17. The van der Waals surface area contributed by atoms with Crippen LogP contribution in [0.5, 0.6) is 0 Å². The van der Waals surface area contributed by atoms with E-state index in [4.69, 9.17) is 11.6 Å². The Morgan fingerprint density at radius 3 is 2.67 bits per heavy atom. The minimum Gasteiger partial charge on any atom is -0.356 e. The van der Waals surface area contributed by atoms with Gasteiger partial charge in [-0.25, -0.2) is 9.67 Å². The van der Waals surface area contributed by atoms with Crippen LogP contribution < -0.4 is 10.2 Å². The van der Waals surface area contributed by atoms with E-state index in [1.54, 1.807) is 10.7 Å². The summed E-state index contributed by atoms with van der Waals surface area (Å²) in [6.07, 6.45) is 2.21. The maximum atomic E-state index is 6.17. The van der Waals surface area contributed by atoms with Crippen molar-refractivity contribution in [1.29, 1.82) is 0 Å². The molecule has 0 amide bonds. The second-order valence-electron chi connectivity index (χ2n) is 5.21. The number of nitrogens with one attached hydrogen (secondary N) is 1. The molecule has 2 aromatic rings. The van der Waals surface area contributed by atoms with E-state index >= 15 is 0 Å². The standard InChI is InChI=1S/C13H18ClN7/c1-15-10-3-5-21(6-4-10)12-8-9(7-11(14)16-12)13-17-18-19-20(13)2/h7-8,10,15H,3-6H2,1-2H3. The molecule has 0 radical (unpaired) electrons. The van der Waals surface area contributed by atoms with Crippen LogP contribution in [0.1, 0.15) is 12.8 Å². The van der Waals surface area contributed by atoms with E-state index in [9.17, 15) is 0 Å². The number of rotatable bonds is 3. The molecule has 2 aromatic heterocycles. The lowest BCUT2D eigenvalue weighted by Gasteiger charge is -2.32. The molecule has 0 spiro atoms. The van der Waals surface area contributed by atoms with E-state index < -0.39 is 0 Å². The van der Waals surface area contributed by atoms with Gasteiger partial charge in [-0.15, -0.1) is 5.10 Å². The summed E-state index contributed by atoms with van der Waals surface area (Å²) < 4.78 is 1.63. The van der Waals surface area contributed by atoms with Gasteiger partial charge in [0.25, 0.3) is 0 Å². The Labute approximate surface area is 128 Å². The average molecular weight is 308 g/mol. The second-order valence-corrected chi connectivity index (χ2v) is 5.60. The molecular formula is C13H18ClN7. The molecule has 21 heavy (non-hydrogen) atoms. The van der Waals surface area contributed by atoms with Gasteiger partial charge in [-0.05, 0) is 42.4 Å². The van der Waals surface area contributed by atoms with E-state index in [2.05, 4.69) is 30.7 Å². The molecule has 1 N–H and O–H groups in total. The summed E-state index contributed by atoms with van der Waals surface area (Å²) in [5.41, 5.74) is 0.883. The number of piperidine rings is 1.